The Morgan fingerprint density at radius 1 is 0.372 bits per heavy atom. The summed E-state index contributed by atoms with van der Waals surface area (Å²) >= 11 is 3.82. The van der Waals surface area contributed by atoms with Gasteiger partial charge in [0.2, 0.25) is 17.7 Å². The van der Waals surface area contributed by atoms with Crippen LogP contribution in [0.5, 0.6) is 0 Å². The molecule has 0 bridgehead atoms. The molecule has 0 spiro atoms. The monoisotopic (exact) mass is 1700 g/mol. The van der Waals surface area contributed by atoms with Crippen molar-refractivity contribution in [1.29, 1.82) is 0 Å². The number of aromatic carboxylic acids is 4. The molecule has 0 atom stereocenters. The van der Waals surface area contributed by atoms with Gasteiger partial charge < -0.3 is 34.6 Å². The van der Waals surface area contributed by atoms with E-state index in [9.17, 15) is 54.0 Å². The van der Waals surface area contributed by atoms with Crippen LogP contribution in [0.25, 0.3) is 0 Å². The third-order valence-corrected chi connectivity index (χ3v) is 27.2. The molecule has 12 rings (SSSR count). The number of carboxylic acids is 4. The van der Waals surface area contributed by atoms with Gasteiger partial charge in [-0.2, -0.15) is 0 Å². The van der Waals surface area contributed by atoms with E-state index in [0.717, 1.165) is 180 Å². The van der Waals surface area contributed by atoms with Crippen molar-refractivity contribution in [3.63, 3.8) is 0 Å². The van der Waals surface area contributed by atoms with Gasteiger partial charge in [0, 0.05) is 75.8 Å². The molecule has 4 N–H and O–H groups in total. The summed E-state index contributed by atoms with van der Waals surface area (Å²) in [6, 6.07) is 26.8. The van der Waals surface area contributed by atoms with E-state index in [2.05, 4.69) is 127 Å². The first kappa shape index (κ1) is 96.0. The molecule has 0 unspecified atom stereocenters. The van der Waals surface area contributed by atoms with Crippen molar-refractivity contribution in [1.82, 2.24) is 0 Å². The fourth-order valence-corrected chi connectivity index (χ4v) is 19.7. The van der Waals surface area contributed by atoms with Gasteiger partial charge in [0.25, 0.3) is 5.91 Å². The highest BCUT2D eigenvalue weighted by atomic mass is 32.1. The molecule has 6 aliphatic rings. The first-order valence-corrected chi connectivity index (χ1v) is 46.9. The molecule has 0 aliphatic heterocycles. The Kier molecular flexibility index (Phi) is 34.1. The lowest BCUT2D eigenvalue weighted by molar-refractivity contribution is -0.125. The molecule has 19 heteroatoms. The van der Waals surface area contributed by atoms with Crippen LogP contribution in [-0.4, -0.2) is 86.2 Å². The molecule has 0 saturated heterocycles. The lowest BCUT2D eigenvalue weighted by atomic mass is 9.81. The summed E-state index contributed by atoms with van der Waals surface area (Å²) in [7, 11) is 0. The zero-order chi connectivity index (χ0) is 88.4. The third-order valence-electron chi connectivity index (χ3n) is 24.1. The average molecular weight is 1700 g/mol. The Bertz CT molecular complexity index is 4620. The van der Waals surface area contributed by atoms with Crippen molar-refractivity contribution in [2.75, 3.05) is 19.6 Å². The Labute approximate surface area is 734 Å². The van der Waals surface area contributed by atoms with Gasteiger partial charge in [-0.15, -0.1) is 34.0 Å². The minimum atomic E-state index is -1.08. The third kappa shape index (κ3) is 28.6. The maximum Gasteiger partial charge on any atom is 0.348 e. The van der Waals surface area contributed by atoms with Crippen LogP contribution in [0.3, 0.4) is 0 Å². The van der Waals surface area contributed by atoms with E-state index in [-0.39, 0.29) is 91.2 Å². The van der Waals surface area contributed by atoms with E-state index in [1.165, 1.54) is 47.1 Å². The van der Waals surface area contributed by atoms with E-state index in [1.54, 1.807) is 34.1 Å². The fourth-order valence-electron chi connectivity index (χ4n) is 16.9. The molecule has 16 nitrogen and oxygen atoms in total. The van der Waals surface area contributed by atoms with E-state index in [4.69, 9.17) is 4.42 Å². The predicted octanol–water partition coefficient (Wildman–Crippen LogP) is 25.2. The summed E-state index contributed by atoms with van der Waals surface area (Å²) in [6.07, 6.45) is 24.0. The number of thiophene rings is 3. The predicted molar refractivity (Wildman–Crippen MR) is 494 cm³/mol. The second-order valence-electron chi connectivity index (χ2n) is 39.7. The molecular formula is C102H134N4O12S3. The van der Waals surface area contributed by atoms with Crippen LogP contribution in [-0.2, 0) is 16.1 Å². The van der Waals surface area contributed by atoms with Crippen LogP contribution in [0.2, 0.25) is 0 Å². The van der Waals surface area contributed by atoms with Crippen LogP contribution in [0.15, 0.2) is 89.3 Å². The van der Waals surface area contributed by atoms with E-state index in [1.807, 2.05) is 110 Å². The summed E-state index contributed by atoms with van der Waals surface area (Å²) in [6.45, 7) is 38.6. The zero-order valence-electron chi connectivity index (χ0n) is 75.3. The highest BCUT2D eigenvalue weighted by molar-refractivity contribution is 7.17. The Hall–Kier alpha value is -8.85. The van der Waals surface area contributed by atoms with Crippen molar-refractivity contribution >= 4 is 97.9 Å². The Balaban J connectivity index is 0.000000183. The van der Waals surface area contributed by atoms with Crippen LogP contribution < -0.4 is 19.6 Å². The number of furan rings is 1. The molecule has 652 valence electrons. The van der Waals surface area contributed by atoms with Crippen LogP contribution in [0.4, 0.5) is 22.3 Å². The van der Waals surface area contributed by atoms with Crippen molar-refractivity contribution < 1.29 is 58.4 Å². The SMILES string of the molecule is CC1CCC(C(=O)N(c2oc(C#CC(C)(C)C)cc2C(=O)O)C2CCC(C)CC2)CC1.CC1CCC(C(=O)N(c2sc(C#CC(C)(C)C)cc2C(=O)O)C2CCC(C)CC2)CC1.CC1CCC(N(C(=O)c2ccccc2)c2cc(C#CC(C)(C)C)sc2C(=O)O)CC1.CC1CCC(N(Cc2ccccc2)c2cc(C#CC(C)(C)C)sc2C(=O)O)CC1. The topological polar surface area (TPSA) is 227 Å². The standard InChI is InChI=1S/C26H37NO4.C26H37NO3S.C25H29NO3S.C25H31NO2S/c2*1-17-6-10-19(11-7-17)23(28)27(20-12-8-18(2)9-13-20)24-22(25(29)30)16-21(31-24)14-15-26(3,4)5;1-17-10-12-19(13-11-17)26(23(27)18-8-6-5-7-9-18)21-16-20(14-15-25(2,3)4)30-22(21)24(28)29;1-18-10-12-20(13-11-18)26(17-19-8-6-5-7-9-19)22-16-21(14-15-25(2,3)4)29-23(22)24(27)28/h2*16-20H,6-13H2,1-5H3,(H,29,30);5-9,16-17,19H,10-13H2,1-4H3,(H,28,29);5-9,16,18,20H,10-13,17H2,1-4H3,(H,27,28). The molecular weight excluding hydrogens is 1570 g/mol. The molecule has 0 radical (unpaired) electrons. The number of rotatable bonds is 17. The number of hydrogen-bond donors (Lipinski definition) is 4. The van der Waals surface area contributed by atoms with Crippen LogP contribution in [0, 0.1) is 116 Å². The number of nitrogens with zero attached hydrogens (tertiary/aromatic N) is 4. The van der Waals surface area contributed by atoms with Crippen molar-refractivity contribution in [3.8, 4) is 47.4 Å². The minimum absolute atomic E-state index is 0.00315. The summed E-state index contributed by atoms with van der Waals surface area (Å²) in [5.41, 5.74) is 2.63. The van der Waals surface area contributed by atoms with Crippen LogP contribution >= 0.6 is 34.0 Å². The summed E-state index contributed by atoms with van der Waals surface area (Å²) in [4.78, 5) is 99.8. The van der Waals surface area contributed by atoms with Gasteiger partial charge >= 0.3 is 23.9 Å². The second-order valence-corrected chi connectivity index (χ2v) is 42.8. The molecule has 6 fully saturated rings. The summed E-state index contributed by atoms with van der Waals surface area (Å²) in [5, 5.41) is 40.2. The Morgan fingerprint density at radius 2 is 0.711 bits per heavy atom. The van der Waals surface area contributed by atoms with Crippen molar-refractivity contribution in [2.24, 2.45) is 69.0 Å². The quantitative estimate of drug-likeness (QED) is 0.0624. The van der Waals surface area contributed by atoms with Gasteiger partial charge in [-0.25, -0.2) is 19.2 Å². The molecule has 6 saturated carbocycles. The highest BCUT2D eigenvalue weighted by Gasteiger charge is 2.42. The smallest absolute Gasteiger partial charge is 0.348 e. The number of carbonyl (C=O) groups excluding carboxylic acids is 3. The van der Waals surface area contributed by atoms with Crippen molar-refractivity contribution in [3.05, 3.63) is 137 Å². The lowest BCUT2D eigenvalue weighted by Gasteiger charge is -2.38. The van der Waals surface area contributed by atoms with E-state index >= 15 is 0 Å². The van der Waals surface area contributed by atoms with Gasteiger partial charge in [0.1, 0.15) is 20.3 Å². The fraction of sp³-hybridized carbons (Fsp3) is 0.578. The number of hydrogen-bond acceptors (Lipinski definition) is 12. The van der Waals surface area contributed by atoms with Gasteiger partial charge in [-0.1, -0.05) is 132 Å². The second kappa shape index (κ2) is 43.0. The zero-order valence-corrected chi connectivity index (χ0v) is 77.7. The lowest BCUT2D eigenvalue weighted by Crippen LogP contribution is -2.46. The number of amides is 3. The minimum Gasteiger partial charge on any atom is -0.478 e. The molecule has 4 heterocycles. The molecule has 3 amide bonds. The highest BCUT2D eigenvalue weighted by Crippen LogP contribution is 2.45. The van der Waals surface area contributed by atoms with Gasteiger partial charge in [-0.3, -0.25) is 24.2 Å². The van der Waals surface area contributed by atoms with Gasteiger partial charge in [0.15, 0.2) is 5.76 Å². The van der Waals surface area contributed by atoms with Crippen molar-refractivity contribution in [2.45, 2.75) is 309 Å². The van der Waals surface area contributed by atoms with Gasteiger partial charge in [-0.05, 0) is 315 Å². The first-order chi connectivity index (χ1) is 57.0. The summed E-state index contributed by atoms with van der Waals surface area (Å²) < 4.78 is 6.00. The number of carbonyl (C=O) groups is 7. The van der Waals surface area contributed by atoms with Gasteiger partial charge in [0.05, 0.1) is 31.6 Å². The molecule has 6 aliphatic carbocycles. The number of benzene rings is 2. The van der Waals surface area contributed by atoms with E-state index < -0.39 is 23.9 Å². The molecule has 4 aromatic heterocycles. The average Bonchev–Trinajstić information content (AvgIpc) is 1.69. The summed E-state index contributed by atoms with van der Waals surface area (Å²) in [5.74, 6) is 25.6. The van der Waals surface area contributed by atoms with Crippen LogP contribution in [0.1, 0.15) is 355 Å². The normalized spacial score (nSPS) is 23.0. The van der Waals surface area contributed by atoms with E-state index in [0.29, 0.717) is 67.4 Å². The number of carboxylic acid groups (broad SMARTS) is 4. The maximum absolute atomic E-state index is 13.8. The number of anilines is 4. The molecule has 2 aromatic carbocycles. The molecule has 6 aromatic rings. The Morgan fingerprint density at radius 3 is 1.11 bits per heavy atom. The maximum atomic E-state index is 13.8. The molecule has 121 heavy (non-hydrogen) atoms. The first-order valence-electron chi connectivity index (χ1n) is 44.4. The largest absolute Gasteiger partial charge is 0.478 e.